The Labute approximate surface area is 108 Å². The predicted molar refractivity (Wildman–Crippen MR) is 68.8 cm³/mol. The van der Waals surface area contributed by atoms with E-state index >= 15 is 0 Å². The number of halogens is 1. The summed E-state index contributed by atoms with van der Waals surface area (Å²) in [5.74, 6) is 0.132. The van der Waals surface area contributed by atoms with Crippen LogP contribution in [-0.2, 0) is 6.54 Å². The normalized spacial score (nSPS) is 10.2. The molecule has 0 aliphatic carbocycles. The molecule has 0 saturated heterocycles. The van der Waals surface area contributed by atoms with E-state index in [0.29, 0.717) is 12.3 Å². The molecule has 0 radical (unpaired) electrons. The van der Waals surface area contributed by atoms with Crippen LogP contribution in [0.2, 0.25) is 0 Å². The first-order valence-electron chi connectivity index (χ1n) is 5.23. The first kappa shape index (κ1) is 11.9. The molecule has 0 unspecified atom stereocenters. The van der Waals surface area contributed by atoms with Crippen LogP contribution in [-0.4, -0.2) is 5.91 Å². The number of amides is 1. The summed E-state index contributed by atoms with van der Waals surface area (Å²) in [4.78, 5) is 11.7. The Morgan fingerprint density at radius 1 is 1.41 bits per heavy atom. The molecule has 1 aromatic carbocycles. The molecule has 0 aliphatic heterocycles. The fourth-order valence-corrected chi connectivity index (χ4v) is 1.91. The van der Waals surface area contributed by atoms with Crippen LogP contribution in [0, 0.1) is 6.92 Å². The maximum absolute atomic E-state index is 11.7. The highest BCUT2D eigenvalue weighted by Crippen LogP contribution is 2.16. The summed E-state index contributed by atoms with van der Waals surface area (Å²) in [6, 6.07) is 9.33. The van der Waals surface area contributed by atoms with Crippen LogP contribution in [0.25, 0.3) is 0 Å². The summed E-state index contributed by atoms with van der Waals surface area (Å²) < 4.78 is 6.02. The molecule has 2 aromatic rings. The Bertz CT molecular complexity index is 520. The standard InChI is InChI=1S/C13H12BrNO2/c1-9-4-5-11(14)7-10(9)8-15-13(16)12-3-2-6-17-12/h2-7H,8H2,1H3,(H,15,16). The molecule has 4 heteroatoms. The SMILES string of the molecule is Cc1ccc(Br)cc1CNC(=O)c1ccco1. The van der Waals surface area contributed by atoms with Crippen LogP contribution in [0.1, 0.15) is 21.7 Å². The Morgan fingerprint density at radius 3 is 2.94 bits per heavy atom. The molecule has 1 N–H and O–H groups in total. The Morgan fingerprint density at radius 2 is 2.24 bits per heavy atom. The van der Waals surface area contributed by atoms with Gasteiger partial charge < -0.3 is 9.73 Å². The molecular formula is C13H12BrNO2. The van der Waals surface area contributed by atoms with Gasteiger partial charge in [0.25, 0.3) is 5.91 Å². The second-order valence-corrected chi connectivity index (χ2v) is 4.65. The molecule has 0 atom stereocenters. The zero-order valence-electron chi connectivity index (χ0n) is 9.37. The van der Waals surface area contributed by atoms with Crippen molar-refractivity contribution >= 4 is 21.8 Å². The number of nitrogens with one attached hydrogen (secondary N) is 1. The van der Waals surface area contributed by atoms with Crippen molar-refractivity contribution in [1.29, 1.82) is 0 Å². The van der Waals surface area contributed by atoms with Gasteiger partial charge in [0.05, 0.1) is 6.26 Å². The van der Waals surface area contributed by atoms with Gasteiger partial charge in [-0.2, -0.15) is 0 Å². The Balaban J connectivity index is 2.03. The fourth-order valence-electron chi connectivity index (χ4n) is 1.50. The van der Waals surface area contributed by atoms with Crippen LogP contribution in [0.15, 0.2) is 45.5 Å². The minimum Gasteiger partial charge on any atom is -0.459 e. The number of carbonyl (C=O) groups is 1. The molecule has 0 bridgehead atoms. The van der Waals surface area contributed by atoms with Crippen molar-refractivity contribution in [3.63, 3.8) is 0 Å². The van der Waals surface area contributed by atoms with E-state index in [0.717, 1.165) is 15.6 Å². The van der Waals surface area contributed by atoms with Gasteiger partial charge in [0.2, 0.25) is 0 Å². The summed E-state index contributed by atoms with van der Waals surface area (Å²) in [6.45, 7) is 2.51. The van der Waals surface area contributed by atoms with Crippen molar-refractivity contribution in [2.24, 2.45) is 0 Å². The van der Waals surface area contributed by atoms with Gasteiger partial charge in [-0.25, -0.2) is 0 Å². The molecule has 0 spiro atoms. The number of hydrogen-bond acceptors (Lipinski definition) is 2. The smallest absolute Gasteiger partial charge is 0.287 e. The number of aryl methyl sites for hydroxylation is 1. The zero-order chi connectivity index (χ0) is 12.3. The van der Waals surface area contributed by atoms with Crippen LogP contribution in [0.5, 0.6) is 0 Å². The van der Waals surface area contributed by atoms with Crippen LogP contribution in [0.4, 0.5) is 0 Å². The third kappa shape index (κ3) is 2.97. The highest BCUT2D eigenvalue weighted by atomic mass is 79.9. The van der Waals surface area contributed by atoms with Crippen molar-refractivity contribution in [3.05, 3.63) is 58.0 Å². The van der Waals surface area contributed by atoms with Crippen molar-refractivity contribution < 1.29 is 9.21 Å². The third-order valence-electron chi connectivity index (χ3n) is 2.50. The first-order chi connectivity index (χ1) is 8.16. The number of benzene rings is 1. The summed E-state index contributed by atoms with van der Waals surface area (Å²) in [7, 11) is 0. The van der Waals surface area contributed by atoms with Gasteiger partial charge in [0.1, 0.15) is 0 Å². The topological polar surface area (TPSA) is 42.2 Å². The zero-order valence-corrected chi connectivity index (χ0v) is 11.0. The average molecular weight is 294 g/mol. The van der Waals surface area contributed by atoms with Gasteiger partial charge in [0, 0.05) is 11.0 Å². The molecule has 17 heavy (non-hydrogen) atoms. The monoisotopic (exact) mass is 293 g/mol. The minimum atomic E-state index is -0.200. The van der Waals surface area contributed by atoms with Gasteiger partial charge >= 0.3 is 0 Å². The Hall–Kier alpha value is -1.55. The second kappa shape index (κ2) is 5.19. The maximum atomic E-state index is 11.7. The summed E-state index contributed by atoms with van der Waals surface area (Å²) in [5.41, 5.74) is 2.23. The van der Waals surface area contributed by atoms with E-state index in [-0.39, 0.29) is 5.91 Å². The van der Waals surface area contributed by atoms with E-state index < -0.39 is 0 Å². The summed E-state index contributed by atoms with van der Waals surface area (Å²) >= 11 is 3.41. The lowest BCUT2D eigenvalue weighted by molar-refractivity contribution is 0.0923. The lowest BCUT2D eigenvalue weighted by Gasteiger charge is -2.07. The molecule has 88 valence electrons. The molecule has 2 rings (SSSR count). The predicted octanol–water partition coefficient (Wildman–Crippen LogP) is 3.28. The fraction of sp³-hybridized carbons (Fsp3) is 0.154. The number of rotatable bonds is 3. The lowest BCUT2D eigenvalue weighted by Crippen LogP contribution is -2.22. The number of furan rings is 1. The minimum absolute atomic E-state index is 0.200. The van der Waals surface area contributed by atoms with Gasteiger partial charge in [-0.3, -0.25) is 4.79 Å². The summed E-state index contributed by atoms with van der Waals surface area (Å²) in [6.07, 6.45) is 1.49. The van der Waals surface area contributed by atoms with Crippen LogP contribution >= 0.6 is 15.9 Å². The highest BCUT2D eigenvalue weighted by Gasteiger charge is 2.08. The third-order valence-corrected chi connectivity index (χ3v) is 2.99. The van der Waals surface area contributed by atoms with Crippen LogP contribution in [0.3, 0.4) is 0 Å². The largest absolute Gasteiger partial charge is 0.459 e. The second-order valence-electron chi connectivity index (χ2n) is 3.73. The van der Waals surface area contributed by atoms with E-state index in [9.17, 15) is 4.79 Å². The highest BCUT2D eigenvalue weighted by molar-refractivity contribution is 9.10. The number of carbonyl (C=O) groups excluding carboxylic acids is 1. The van der Waals surface area contributed by atoms with E-state index in [1.54, 1.807) is 12.1 Å². The quantitative estimate of drug-likeness (QED) is 0.944. The van der Waals surface area contributed by atoms with Gasteiger partial charge in [-0.15, -0.1) is 0 Å². The van der Waals surface area contributed by atoms with Crippen molar-refractivity contribution in [1.82, 2.24) is 5.32 Å². The molecule has 0 aliphatic rings. The van der Waals surface area contributed by atoms with Crippen molar-refractivity contribution in [3.8, 4) is 0 Å². The molecule has 1 amide bonds. The first-order valence-corrected chi connectivity index (χ1v) is 6.03. The molecular weight excluding hydrogens is 282 g/mol. The molecule has 3 nitrogen and oxygen atoms in total. The maximum Gasteiger partial charge on any atom is 0.287 e. The summed E-state index contributed by atoms with van der Waals surface area (Å²) in [5, 5.41) is 2.82. The van der Waals surface area contributed by atoms with Gasteiger partial charge in [-0.1, -0.05) is 22.0 Å². The Kier molecular flexibility index (Phi) is 3.64. The van der Waals surface area contributed by atoms with E-state index in [4.69, 9.17) is 4.42 Å². The van der Waals surface area contributed by atoms with E-state index in [1.807, 2.05) is 25.1 Å². The van der Waals surface area contributed by atoms with E-state index in [2.05, 4.69) is 21.2 Å². The van der Waals surface area contributed by atoms with Gasteiger partial charge in [-0.05, 0) is 42.3 Å². The molecule has 0 fully saturated rings. The molecule has 1 heterocycles. The molecule has 0 saturated carbocycles. The van der Waals surface area contributed by atoms with E-state index in [1.165, 1.54) is 6.26 Å². The molecule has 1 aromatic heterocycles. The number of hydrogen-bond donors (Lipinski definition) is 1. The average Bonchev–Trinajstić information content (AvgIpc) is 2.83. The van der Waals surface area contributed by atoms with Crippen molar-refractivity contribution in [2.45, 2.75) is 13.5 Å². The van der Waals surface area contributed by atoms with Gasteiger partial charge in [0.15, 0.2) is 5.76 Å². The van der Waals surface area contributed by atoms with Crippen molar-refractivity contribution in [2.75, 3.05) is 0 Å². The lowest BCUT2D eigenvalue weighted by atomic mass is 10.1. The van der Waals surface area contributed by atoms with Crippen LogP contribution < -0.4 is 5.32 Å².